The van der Waals surface area contributed by atoms with E-state index in [1.165, 1.54) is 12.1 Å². The number of nitrogen functional groups attached to an aromatic ring is 1. The number of ether oxygens (including phenoxy) is 1. The third-order valence-corrected chi connectivity index (χ3v) is 2.61. The molecule has 2 aromatic carbocycles. The average molecular weight is 242 g/mol. The molecule has 0 aliphatic rings. The fourth-order valence-electron chi connectivity index (χ4n) is 1.54. The second kappa shape index (κ2) is 4.76. The van der Waals surface area contributed by atoms with Crippen LogP contribution in [0.4, 0.5) is 10.1 Å². The number of hydrogen-bond donors (Lipinski definition) is 1. The van der Waals surface area contributed by atoms with Crippen molar-refractivity contribution in [2.24, 2.45) is 0 Å². The SMILES string of the molecule is Cc1c(N)cccc1Oc1ccc(F)cc1C#N. The number of hydrogen-bond acceptors (Lipinski definition) is 3. The van der Waals surface area contributed by atoms with Gasteiger partial charge >= 0.3 is 0 Å². The Hall–Kier alpha value is -2.54. The summed E-state index contributed by atoms with van der Waals surface area (Å²) < 4.78 is 18.6. The lowest BCUT2D eigenvalue weighted by atomic mass is 10.1. The van der Waals surface area contributed by atoms with Crippen LogP contribution in [-0.4, -0.2) is 0 Å². The Bertz CT molecular complexity index is 632. The summed E-state index contributed by atoms with van der Waals surface area (Å²) in [5.74, 6) is 0.397. The highest BCUT2D eigenvalue weighted by Crippen LogP contribution is 2.30. The van der Waals surface area contributed by atoms with Gasteiger partial charge in [0.05, 0.1) is 5.56 Å². The van der Waals surface area contributed by atoms with Gasteiger partial charge < -0.3 is 10.5 Å². The third kappa shape index (κ3) is 2.25. The minimum atomic E-state index is -0.469. The molecular weight excluding hydrogens is 231 g/mol. The van der Waals surface area contributed by atoms with Gasteiger partial charge in [0, 0.05) is 11.3 Å². The van der Waals surface area contributed by atoms with Gasteiger partial charge in [-0.3, -0.25) is 0 Å². The second-order valence-electron chi connectivity index (χ2n) is 3.82. The number of nitrogens with zero attached hydrogens (tertiary/aromatic N) is 1. The molecule has 90 valence electrons. The first-order chi connectivity index (χ1) is 8.61. The van der Waals surface area contributed by atoms with Gasteiger partial charge in [0.25, 0.3) is 0 Å². The Morgan fingerprint density at radius 3 is 2.72 bits per heavy atom. The Morgan fingerprint density at radius 1 is 1.22 bits per heavy atom. The molecule has 0 saturated heterocycles. The summed E-state index contributed by atoms with van der Waals surface area (Å²) >= 11 is 0. The lowest BCUT2D eigenvalue weighted by molar-refractivity contribution is 0.475. The Balaban J connectivity index is 2.41. The molecular formula is C14H11FN2O. The van der Waals surface area contributed by atoms with Crippen LogP contribution in [0.1, 0.15) is 11.1 Å². The molecule has 18 heavy (non-hydrogen) atoms. The van der Waals surface area contributed by atoms with Crippen LogP contribution in [0, 0.1) is 24.1 Å². The van der Waals surface area contributed by atoms with Gasteiger partial charge in [-0.2, -0.15) is 5.26 Å². The summed E-state index contributed by atoms with van der Waals surface area (Å²) in [6.07, 6.45) is 0. The van der Waals surface area contributed by atoms with E-state index >= 15 is 0 Å². The molecule has 0 radical (unpaired) electrons. The molecule has 0 aromatic heterocycles. The zero-order valence-electron chi connectivity index (χ0n) is 9.77. The van der Waals surface area contributed by atoms with Crippen molar-refractivity contribution in [3.63, 3.8) is 0 Å². The van der Waals surface area contributed by atoms with E-state index in [1.807, 2.05) is 13.0 Å². The number of halogens is 1. The Labute approximate surface area is 104 Å². The molecule has 3 nitrogen and oxygen atoms in total. The predicted octanol–water partition coefficient (Wildman–Crippen LogP) is 3.38. The first kappa shape index (κ1) is 11.9. The van der Waals surface area contributed by atoms with Crippen molar-refractivity contribution in [2.75, 3.05) is 5.73 Å². The van der Waals surface area contributed by atoms with E-state index < -0.39 is 5.82 Å². The first-order valence-corrected chi connectivity index (χ1v) is 5.34. The van der Waals surface area contributed by atoms with Crippen molar-refractivity contribution < 1.29 is 9.13 Å². The van der Waals surface area contributed by atoms with Crippen LogP contribution in [-0.2, 0) is 0 Å². The fourth-order valence-corrected chi connectivity index (χ4v) is 1.54. The minimum Gasteiger partial charge on any atom is -0.456 e. The first-order valence-electron chi connectivity index (χ1n) is 5.34. The lowest BCUT2D eigenvalue weighted by Gasteiger charge is -2.11. The van der Waals surface area contributed by atoms with Crippen LogP contribution in [0.15, 0.2) is 36.4 Å². The highest BCUT2D eigenvalue weighted by molar-refractivity contribution is 5.55. The topological polar surface area (TPSA) is 59.0 Å². The summed E-state index contributed by atoms with van der Waals surface area (Å²) in [7, 11) is 0. The van der Waals surface area contributed by atoms with Gasteiger partial charge in [0.1, 0.15) is 23.4 Å². The van der Waals surface area contributed by atoms with Gasteiger partial charge in [0.2, 0.25) is 0 Å². The maximum atomic E-state index is 13.0. The molecule has 0 heterocycles. The van der Waals surface area contributed by atoms with Crippen LogP contribution in [0.3, 0.4) is 0 Å². The average Bonchev–Trinajstić information content (AvgIpc) is 2.37. The van der Waals surface area contributed by atoms with E-state index in [4.69, 9.17) is 15.7 Å². The molecule has 2 N–H and O–H groups in total. The fraction of sp³-hybridized carbons (Fsp3) is 0.0714. The van der Waals surface area contributed by atoms with E-state index in [1.54, 1.807) is 18.2 Å². The van der Waals surface area contributed by atoms with Crippen molar-refractivity contribution in [3.05, 3.63) is 53.3 Å². The van der Waals surface area contributed by atoms with E-state index in [-0.39, 0.29) is 5.56 Å². The summed E-state index contributed by atoms with van der Waals surface area (Å²) in [5, 5.41) is 8.92. The zero-order chi connectivity index (χ0) is 13.1. The predicted molar refractivity (Wildman–Crippen MR) is 66.8 cm³/mol. The van der Waals surface area contributed by atoms with Gasteiger partial charge in [-0.25, -0.2) is 4.39 Å². The molecule has 2 rings (SSSR count). The highest BCUT2D eigenvalue weighted by Gasteiger charge is 2.08. The standard InChI is InChI=1S/C14H11FN2O/c1-9-12(17)3-2-4-13(9)18-14-6-5-11(15)7-10(14)8-16/h2-7H,17H2,1H3. The van der Waals surface area contributed by atoms with Crippen molar-refractivity contribution >= 4 is 5.69 Å². The molecule has 2 aromatic rings. The van der Waals surface area contributed by atoms with E-state index in [9.17, 15) is 4.39 Å². The quantitative estimate of drug-likeness (QED) is 0.821. The highest BCUT2D eigenvalue weighted by atomic mass is 19.1. The van der Waals surface area contributed by atoms with Crippen LogP contribution in [0.2, 0.25) is 0 Å². The molecule has 0 bridgehead atoms. The maximum absolute atomic E-state index is 13.0. The van der Waals surface area contributed by atoms with E-state index in [0.717, 1.165) is 11.6 Å². The van der Waals surface area contributed by atoms with Crippen LogP contribution in [0.5, 0.6) is 11.5 Å². The van der Waals surface area contributed by atoms with Gasteiger partial charge in [0.15, 0.2) is 0 Å². The summed E-state index contributed by atoms with van der Waals surface area (Å²) in [6, 6.07) is 11.0. The van der Waals surface area contributed by atoms with Crippen molar-refractivity contribution in [3.8, 4) is 17.6 Å². The monoisotopic (exact) mass is 242 g/mol. The molecule has 0 unspecified atom stereocenters. The molecule has 0 atom stereocenters. The Kier molecular flexibility index (Phi) is 3.16. The normalized spacial score (nSPS) is 9.83. The molecule has 0 aliphatic heterocycles. The molecule has 0 aliphatic carbocycles. The van der Waals surface area contributed by atoms with Crippen LogP contribution in [0.25, 0.3) is 0 Å². The third-order valence-electron chi connectivity index (χ3n) is 2.61. The molecule has 0 fully saturated rings. The van der Waals surface area contributed by atoms with E-state index in [0.29, 0.717) is 17.2 Å². The minimum absolute atomic E-state index is 0.150. The summed E-state index contributed by atoms with van der Waals surface area (Å²) in [5.41, 5.74) is 7.30. The van der Waals surface area contributed by atoms with E-state index in [2.05, 4.69) is 0 Å². The molecule has 0 spiro atoms. The number of rotatable bonds is 2. The lowest BCUT2D eigenvalue weighted by Crippen LogP contribution is -1.95. The summed E-state index contributed by atoms with van der Waals surface area (Å²) in [6.45, 7) is 1.82. The second-order valence-corrected chi connectivity index (χ2v) is 3.82. The largest absolute Gasteiger partial charge is 0.456 e. The van der Waals surface area contributed by atoms with Crippen LogP contribution < -0.4 is 10.5 Å². The molecule has 4 heteroatoms. The molecule has 0 amide bonds. The van der Waals surface area contributed by atoms with Crippen molar-refractivity contribution in [1.29, 1.82) is 5.26 Å². The zero-order valence-corrected chi connectivity index (χ0v) is 9.77. The number of nitrogens with two attached hydrogens (primary N) is 1. The number of anilines is 1. The molecule has 0 saturated carbocycles. The number of nitriles is 1. The number of benzene rings is 2. The smallest absolute Gasteiger partial charge is 0.145 e. The van der Waals surface area contributed by atoms with Gasteiger partial charge in [-0.05, 0) is 37.3 Å². The van der Waals surface area contributed by atoms with Crippen molar-refractivity contribution in [1.82, 2.24) is 0 Å². The van der Waals surface area contributed by atoms with Gasteiger partial charge in [-0.15, -0.1) is 0 Å². The summed E-state index contributed by atoms with van der Waals surface area (Å²) in [4.78, 5) is 0. The Morgan fingerprint density at radius 2 is 2.00 bits per heavy atom. The van der Waals surface area contributed by atoms with Gasteiger partial charge in [-0.1, -0.05) is 6.07 Å². The van der Waals surface area contributed by atoms with Crippen molar-refractivity contribution in [2.45, 2.75) is 6.92 Å². The maximum Gasteiger partial charge on any atom is 0.145 e. The van der Waals surface area contributed by atoms with Crippen LogP contribution >= 0.6 is 0 Å².